The number of tetrazole rings is 1. The Morgan fingerprint density at radius 2 is 1.79 bits per heavy atom. The Balaban J connectivity index is 1.32. The summed E-state index contributed by atoms with van der Waals surface area (Å²) in [4.78, 5) is 14.5. The van der Waals surface area contributed by atoms with Crippen LogP contribution in [0.1, 0.15) is 17.5 Å². The second-order valence-corrected chi connectivity index (χ2v) is 7.52. The first kappa shape index (κ1) is 18.4. The molecule has 2 aromatic carbocycles. The highest BCUT2D eigenvalue weighted by atomic mass is 32.2. The van der Waals surface area contributed by atoms with E-state index in [-0.39, 0.29) is 5.91 Å². The molecule has 1 aliphatic rings. The Labute approximate surface area is 168 Å². The van der Waals surface area contributed by atoms with Crippen LogP contribution < -0.4 is 0 Å². The molecule has 3 aromatic rings. The minimum absolute atomic E-state index is 0.114. The first-order chi connectivity index (χ1) is 13.8. The van der Waals surface area contributed by atoms with E-state index in [0.717, 1.165) is 18.5 Å². The average Bonchev–Trinajstić information content (AvgIpc) is 3.20. The molecule has 0 saturated heterocycles. The van der Waals surface area contributed by atoms with Crippen LogP contribution in [0.15, 0.2) is 71.9 Å². The van der Waals surface area contributed by atoms with Crippen LogP contribution in [0.3, 0.4) is 0 Å². The molecule has 4 rings (SSSR count). The fourth-order valence-electron chi connectivity index (χ4n) is 3.18. The highest BCUT2D eigenvalue weighted by molar-refractivity contribution is 7.99. The molecule has 0 aliphatic carbocycles. The predicted octanol–water partition coefficient (Wildman–Crippen LogP) is 3.13. The molecule has 0 radical (unpaired) electrons. The highest BCUT2D eigenvalue weighted by Crippen LogP contribution is 2.23. The molecule has 6 nitrogen and oxygen atoms in total. The summed E-state index contributed by atoms with van der Waals surface area (Å²) in [7, 11) is 0. The van der Waals surface area contributed by atoms with Gasteiger partial charge in [0.1, 0.15) is 0 Å². The summed E-state index contributed by atoms with van der Waals surface area (Å²) in [6, 6.07) is 20.4. The zero-order valence-corrected chi connectivity index (χ0v) is 16.3. The summed E-state index contributed by atoms with van der Waals surface area (Å²) >= 11 is 1.39. The van der Waals surface area contributed by atoms with Crippen LogP contribution in [0.25, 0.3) is 5.57 Å². The van der Waals surface area contributed by atoms with Crippen molar-refractivity contribution >= 4 is 23.2 Å². The van der Waals surface area contributed by atoms with Gasteiger partial charge in [0.25, 0.3) is 0 Å². The Morgan fingerprint density at radius 1 is 1.04 bits per heavy atom. The molecule has 0 saturated carbocycles. The Morgan fingerprint density at radius 3 is 2.50 bits per heavy atom. The van der Waals surface area contributed by atoms with E-state index < -0.39 is 0 Å². The van der Waals surface area contributed by atoms with E-state index >= 15 is 0 Å². The summed E-state index contributed by atoms with van der Waals surface area (Å²) < 4.78 is 1.73. The van der Waals surface area contributed by atoms with Gasteiger partial charge in [0, 0.05) is 13.1 Å². The van der Waals surface area contributed by atoms with E-state index in [0.29, 0.717) is 24.0 Å². The van der Waals surface area contributed by atoms with E-state index in [1.165, 1.54) is 22.9 Å². The Hall–Kier alpha value is -2.93. The van der Waals surface area contributed by atoms with Gasteiger partial charge in [-0.25, -0.2) is 4.68 Å². The standard InChI is InChI=1S/C21H21N5OS/c27-20(25-13-11-19(12-14-25)18-9-5-2-6-10-18)16-28-21-22-23-24-26(21)15-17-7-3-1-4-8-17/h1-11H,12-16H2. The van der Waals surface area contributed by atoms with Crippen molar-refractivity contribution in [1.82, 2.24) is 25.1 Å². The summed E-state index contributed by atoms with van der Waals surface area (Å²) in [6.07, 6.45) is 3.03. The molecule has 0 fully saturated rings. The summed E-state index contributed by atoms with van der Waals surface area (Å²) in [6.45, 7) is 1.99. The minimum Gasteiger partial charge on any atom is -0.338 e. The van der Waals surface area contributed by atoms with Gasteiger partial charge >= 0.3 is 0 Å². The minimum atomic E-state index is 0.114. The monoisotopic (exact) mass is 391 g/mol. The molecule has 1 aliphatic heterocycles. The van der Waals surface area contributed by atoms with Crippen LogP contribution in [0, 0.1) is 0 Å². The number of thioether (sulfide) groups is 1. The quantitative estimate of drug-likeness (QED) is 0.604. The topological polar surface area (TPSA) is 63.9 Å². The smallest absolute Gasteiger partial charge is 0.233 e. The third kappa shape index (κ3) is 4.48. The predicted molar refractivity (Wildman–Crippen MR) is 110 cm³/mol. The van der Waals surface area contributed by atoms with Crippen LogP contribution in [-0.4, -0.2) is 49.9 Å². The van der Waals surface area contributed by atoms with Crippen molar-refractivity contribution in [3.05, 3.63) is 77.9 Å². The SMILES string of the molecule is O=C(CSc1nnnn1Cc1ccccc1)N1CC=C(c2ccccc2)CC1. The number of aromatic nitrogens is 4. The van der Waals surface area contributed by atoms with Gasteiger partial charge in [-0.15, -0.1) is 5.10 Å². The number of nitrogens with zero attached hydrogens (tertiary/aromatic N) is 5. The zero-order chi connectivity index (χ0) is 19.2. The van der Waals surface area contributed by atoms with E-state index in [1.807, 2.05) is 53.4 Å². The van der Waals surface area contributed by atoms with Crippen molar-refractivity contribution < 1.29 is 4.79 Å². The van der Waals surface area contributed by atoms with Crippen LogP contribution in [0.4, 0.5) is 0 Å². The van der Waals surface area contributed by atoms with Crippen molar-refractivity contribution in [2.45, 2.75) is 18.1 Å². The molecule has 0 N–H and O–H groups in total. The van der Waals surface area contributed by atoms with Gasteiger partial charge in [-0.2, -0.15) is 0 Å². The van der Waals surface area contributed by atoms with Gasteiger partial charge in [-0.1, -0.05) is 78.5 Å². The highest BCUT2D eigenvalue weighted by Gasteiger charge is 2.19. The molecule has 0 unspecified atom stereocenters. The lowest BCUT2D eigenvalue weighted by Crippen LogP contribution is -2.35. The molecular weight excluding hydrogens is 370 g/mol. The Kier molecular flexibility index (Phi) is 5.82. The van der Waals surface area contributed by atoms with Crippen LogP contribution >= 0.6 is 11.8 Å². The van der Waals surface area contributed by atoms with Crippen molar-refractivity contribution in [3.63, 3.8) is 0 Å². The van der Waals surface area contributed by atoms with Gasteiger partial charge in [0.2, 0.25) is 11.1 Å². The first-order valence-corrected chi connectivity index (χ1v) is 10.2. The molecule has 28 heavy (non-hydrogen) atoms. The number of rotatable bonds is 6. The van der Waals surface area contributed by atoms with E-state index in [4.69, 9.17) is 0 Å². The molecule has 1 aromatic heterocycles. The van der Waals surface area contributed by atoms with Gasteiger partial charge in [-0.05, 0) is 33.5 Å². The van der Waals surface area contributed by atoms with Crippen LogP contribution in [-0.2, 0) is 11.3 Å². The average molecular weight is 392 g/mol. The molecule has 1 amide bonds. The Bertz CT molecular complexity index is 955. The number of benzene rings is 2. The number of hydrogen-bond acceptors (Lipinski definition) is 5. The fourth-order valence-corrected chi connectivity index (χ4v) is 3.96. The maximum absolute atomic E-state index is 12.6. The van der Waals surface area contributed by atoms with Crippen molar-refractivity contribution in [1.29, 1.82) is 0 Å². The molecule has 142 valence electrons. The van der Waals surface area contributed by atoms with Gasteiger partial charge in [0.05, 0.1) is 12.3 Å². The first-order valence-electron chi connectivity index (χ1n) is 9.25. The second kappa shape index (κ2) is 8.84. The summed E-state index contributed by atoms with van der Waals surface area (Å²) in [5.74, 6) is 0.451. The number of hydrogen-bond donors (Lipinski definition) is 0. The fraction of sp³-hybridized carbons (Fsp3) is 0.238. The van der Waals surface area contributed by atoms with Crippen molar-refractivity contribution in [2.75, 3.05) is 18.8 Å². The van der Waals surface area contributed by atoms with Crippen molar-refractivity contribution in [3.8, 4) is 0 Å². The van der Waals surface area contributed by atoms with E-state index in [9.17, 15) is 4.79 Å². The largest absolute Gasteiger partial charge is 0.338 e. The van der Waals surface area contributed by atoms with Gasteiger partial charge in [0.15, 0.2) is 0 Å². The number of amides is 1. The van der Waals surface area contributed by atoms with E-state index in [1.54, 1.807) is 4.68 Å². The maximum atomic E-state index is 12.6. The van der Waals surface area contributed by atoms with Crippen molar-refractivity contribution in [2.24, 2.45) is 0 Å². The van der Waals surface area contributed by atoms with Gasteiger partial charge < -0.3 is 4.90 Å². The second-order valence-electron chi connectivity index (χ2n) is 6.58. The molecule has 2 heterocycles. The number of carbonyl (C=O) groups excluding carboxylic acids is 1. The van der Waals surface area contributed by atoms with Crippen LogP contribution in [0.2, 0.25) is 0 Å². The summed E-state index contributed by atoms with van der Waals surface area (Å²) in [5, 5.41) is 12.5. The molecular formula is C21H21N5OS. The molecule has 7 heteroatoms. The lowest BCUT2D eigenvalue weighted by Gasteiger charge is -2.26. The molecule has 0 spiro atoms. The third-order valence-corrected chi connectivity index (χ3v) is 5.65. The summed E-state index contributed by atoms with van der Waals surface area (Å²) in [5.41, 5.74) is 3.67. The maximum Gasteiger partial charge on any atom is 0.233 e. The van der Waals surface area contributed by atoms with E-state index in [2.05, 4.69) is 33.7 Å². The number of carbonyl (C=O) groups is 1. The third-order valence-electron chi connectivity index (χ3n) is 4.71. The van der Waals surface area contributed by atoms with Gasteiger partial charge in [-0.3, -0.25) is 4.79 Å². The molecule has 0 bridgehead atoms. The zero-order valence-electron chi connectivity index (χ0n) is 15.4. The normalized spacial score (nSPS) is 14.0. The lowest BCUT2D eigenvalue weighted by molar-refractivity contribution is -0.127. The molecule has 0 atom stereocenters. The van der Waals surface area contributed by atoms with Crippen LogP contribution in [0.5, 0.6) is 0 Å². The lowest BCUT2D eigenvalue weighted by atomic mass is 10.00.